The van der Waals surface area contributed by atoms with Gasteiger partial charge >= 0.3 is 0 Å². The minimum atomic E-state index is 0.0316. The first kappa shape index (κ1) is 14.7. The molecule has 0 spiro atoms. The highest BCUT2D eigenvalue weighted by molar-refractivity contribution is 5.96. The summed E-state index contributed by atoms with van der Waals surface area (Å²) in [6, 6.07) is 7.45. The van der Waals surface area contributed by atoms with Crippen LogP contribution in [0.15, 0.2) is 24.3 Å². The largest absolute Gasteiger partial charge is 0.493 e. The Kier molecular flexibility index (Phi) is 4.94. The molecule has 0 aliphatic heterocycles. The third-order valence-electron chi connectivity index (χ3n) is 2.45. The lowest BCUT2D eigenvalue weighted by Gasteiger charge is -2.16. The number of hydrogen-bond donors (Lipinski definition) is 0. The van der Waals surface area contributed by atoms with E-state index in [0.29, 0.717) is 18.9 Å². The maximum Gasteiger partial charge on any atom is 0.163 e. The normalized spacial score (nSPS) is 11.7. The minimum Gasteiger partial charge on any atom is -0.493 e. The first-order chi connectivity index (χ1) is 8.28. The van der Waals surface area contributed by atoms with Crippen LogP contribution in [-0.4, -0.2) is 12.4 Å². The average Bonchev–Trinajstić information content (AvgIpc) is 2.24. The Morgan fingerprint density at radius 3 is 2.17 bits per heavy atom. The van der Waals surface area contributed by atoms with E-state index >= 15 is 0 Å². The van der Waals surface area contributed by atoms with Crippen LogP contribution in [0.5, 0.6) is 5.75 Å². The van der Waals surface area contributed by atoms with Crippen molar-refractivity contribution in [3.63, 3.8) is 0 Å². The average molecular weight is 248 g/mol. The first-order valence-corrected chi connectivity index (χ1v) is 6.54. The van der Waals surface area contributed by atoms with E-state index in [1.807, 2.05) is 24.3 Å². The predicted octanol–water partition coefficient (Wildman–Crippen LogP) is 4.34. The van der Waals surface area contributed by atoms with Crippen molar-refractivity contribution in [2.45, 2.75) is 41.0 Å². The van der Waals surface area contributed by atoms with Crippen molar-refractivity contribution >= 4 is 5.78 Å². The van der Waals surface area contributed by atoms with Crippen molar-refractivity contribution in [2.24, 2.45) is 11.3 Å². The quantitative estimate of drug-likeness (QED) is 0.724. The number of carbonyl (C=O) groups is 1. The second kappa shape index (κ2) is 6.03. The summed E-state index contributed by atoms with van der Waals surface area (Å²) >= 11 is 0. The van der Waals surface area contributed by atoms with Gasteiger partial charge in [-0.25, -0.2) is 0 Å². The minimum absolute atomic E-state index is 0.0316. The van der Waals surface area contributed by atoms with Crippen LogP contribution in [0.25, 0.3) is 0 Å². The molecular weight excluding hydrogens is 224 g/mol. The molecule has 0 unspecified atom stereocenters. The molecule has 0 heterocycles. The van der Waals surface area contributed by atoms with Gasteiger partial charge in [-0.1, -0.05) is 34.6 Å². The molecule has 0 N–H and O–H groups in total. The van der Waals surface area contributed by atoms with Crippen LogP contribution < -0.4 is 4.74 Å². The van der Waals surface area contributed by atoms with Crippen molar-refractivity contribution in [1.82, 2.24) is 0 Å². The van der Waals surface area contributed by atoms with Crippen LogP contribution in [-0.2, 0) is 0 Å². The molecule has 100 valence electrons. The lowest BCUT2D eigenvalue weighted by molar-refractivity contribution is 0.0940. The van der Waals surface area contributed by atoms with Crippen LogP contribution in [0.1, 0.15) is 51.4 Å². The molecule has 0 fully saturated rings. The summed E-state index contributed by atoms with van der Waals surface area (Å²) in [7, 11) is 0. The molecule has 0 aliphatic carbocycles. The lowest BCUT2D eigenvalue weighted by Crippen LogP contribution is -2.13. The summed E-state index contributed by atoms with van der Waals surface area (Å²) in [6.45, 7) is 11.2. The molecule has 0 amide bonds. The molecule has 0 atom stereocenters. The molecular formula is C16H24O2. The van der Waals surface area contributed by atoms with E-state index in [1.54, 1.807) is 0 Å². The number of benzene rings is 1. The van der Waals surface area contributed by atoms with E-state index in [4.69, 9.17) is 4.74 Å². The highest BCUT2D eigenvalue weighted by atomic mass is 16.5. The molecule has 1 aromatic rings. The summed E-state index contributed by atoms with van der Waals surface area (Å²) in [5, 5.41) is 0. The number of rotatable bonds is 5. The van der Waals surface area contributed by atoms with Crippen molar-refractivity contribution in [3.8, 4) is 5.75 Å². The van der Waals surface area contributed by atoms with Crippen LogP contribution in [0.2, 0.25) is 0 Å². The molecule has 2 heteroatoms. The highest BCUT2D eigenvalue weighted by Gasteiger charge is 2.17. The Bertz CT molecular complexity index is 383. The van der Waals surface area contributed by atoms with Gasteiger partial charge in [0.15, 0.2) is 5.78 Å². The van der Waals surface area contributed by atoms with Crippen molar-refractivity contribution in [1.29, 1.82) is 0 Å². The Labute approximate surface area is 110 Å². The Hall–Kier alpha value is -1.31. The second-order valence-corrected chi connectivity index (χ2v) is 6.39. The molecule has 0 aromatic heterocycles. The van der Waals surface area contributed by atoms with Gasteiger partial charge < -0.3 is 4.74 Å². The maximum atomic E-state index is 12.0. The van der Waals surface area contributed by atoms with Crippen molar-refractivity contribution in [2.75, 3.05) is 6.61 Å². The summed E-state index contributed by atoms with van der Waals surface area (Å²) < 4.78 is 5.59. The molecule has 0 bridgehead atoms. The Balaban J connectivity index is 2.62. The summed E-state index contributed by atoms with van der Waals surface area (Å²) in [5.74, 6) is 1.53. The fourth-order valence-corrected chi connectivity index (χ4v) is 1.58. The van der Waals surface area contributed by atoms with Gasteiger partial charge in [0, 0.05) is 12.0 Å². The van der Waals surface area contributed by atoms with E-state index in [0.717, 1.165) is 11.3 Å². The number of ketones is 1. The Morgan fingerprint density at radius 1 is 1.17 bits per heavy atom. The molecule has 1 rings (SSSR count). The zero-order valence-electron chi connectivity index (χ0n) is 12.1. The van der Waals surface area contributed by atoms with Gasteiger partial charge in [-0.3, -0.25) is 4.79 Å². The van der Waals surface area contributed by atoms with Crippen LogP contribution in [0.4, 0.5) is 0 Å². The number of Topliss-reactive ketones (excluding diaryl/α,β-unsaturated/α-hetero) is 1. The number of hydrogen-bond acceptors (Lipinski definition) is 2. The number of ether oxygens (including phenoxy) is 1. The fraction of sp³-hybridized carbons (Fsp3) is 0.562. The third kappa shape index (κ3) is 5.35. The maximum absolute atomic E-state index is 12.0. The summed E-state index contributed by atoms with van der Waals surface area (Å²) in [5.41, 5.74) is 0.797. The summed E-state index contributed by atoms with van der Waals surface area (Å²) in [4.78, 5) is 12.0. The number of carbonyl (C=O) groups excluding carboxylic acids is 1. The van der Waals surface area contributed by atoms with E-state index < -0.39 is 0 Å². The van der Waals surface area contributed by atoms with E-state index in [1.165, 1.54) is 0 Å². The second-order valence-electron chi connectivity index (χ2n) is 6.39. The van der Waals surface area contributed by atoms with E-state index in [-0.39, 0.29) is 11.2 Å². The van der Waals surface area contributed by atoms with Gasteiger partial charge in [-0.15, -0.1) is 0 Å². The Morgan fingerprint density at radius 2 is 1.72 bits per heavy atom. The molecule has 0 aliphatic rings. The highest BCUT2D eigenvalue weighted by Crippen LogP contribution is 2.22. The zero-order valence-corrected chi connectivity index (χ0v) is 12.1. The first-order valence-electron chi connectivity index (χ1n) is 6.54. The molecule has 0 saturated heterocycles. The molecule has 18 heavy (non-hydrogen) atoms. The SMILES string of the molecule is CC(C)COc1ccc(C(=O)CC(C)(C)C)cc1. The lowest BCUT2D eigenvalue weighted by atomic mass is 9.88. The fourth-order valence-electron chi connectivity index (χ4n) is 1.58. The standard InChI is InChI=1S/C16H24O2/c1-12(2)11-18-14-8-6-13(7-9-14)15(17)10-16(3,4)5/h6-9,12H,10-11H2,1-5H3. The van der Waals surface area contributed by atoms with Gasteiger partial charge in [0.2, 0.25) is 0 Å². The molecule has 2 nitrogen and oxygen atoms in total. The molecule has 0 radical (unpaired) electrons. The monoisotopic (exact) mass is 248 g/mol. The predicted molar refractivity (Wildman–Crippen MR) is 75.2 cm³/mol. The van der Waals surface area contributed by atoms with Gasteiger partial charge in [0.1, 0.15) is 5.75 Å². The van der Waals surface area contributed by atoms with Crippen LogP contribution in [0, 0.1) is 11.3 Å². The van der Waals surface area contributed by atoms with Gasteiger partial charge in [0.25, 0.3) is 0 Å². The molecule has 1 aromatic carbocycles. The summed E-state index contributed by atoms with van der Waals surface area (Å²) in [6.07, 6.45) is 0.569. The van der Waals surface area contributed by atoms with Gasteiger partial charge in [-0.05, 0) is 35.6 Å². The van der Waals surface area contributed by atoms with Crippen molar-refractivity contribution in [3.05, 3.63) is 29.8 Å². The topological polar surface area (TPSA) is 26.3 Å². The zero-order chi connectivity index (χ0) is 13.8. The van der Waals surface area contributed by atoms with E-state index in [9.17, 15) is 4.79 Å². The van der Waals surface area contributed by atoms with Crippen molar-refractivity contribution < 1.29 is 9.53 Å². The van der Waals surface area contributed by atoms with Gasteiger partial charge in [0.05, 0.1) is 6.61 Å². The van der Waals surface area contributed by atoms with E-state index in [2.05, 4.69) is 34.6 Å². The molecule has 0 saturated carbocycles. The smallest absolute Gasteiger partial charge is 0.163 e. The van der Waals surface area contributed by atoms with Crippen LogP contribution >= 0.6 is 0 Å². The van der Waals surface area contributed by atoms with Crippen LogP contribution in [0.3, 0.4) is 0 Å². The van der Waals surface area contributed by atoms with Gasteiger partial charge in [-0.2, -0.15) is 0 Å². The third-order valence-corrected chi connectivity index (χ3v) is 2.45.